The van der Waals surface area contributed by atoms with Gasteiger partial charge in [0.15, 0.2) is 0 Å². The number of carbonyl (C=O) groups is 2. The van der Waals surface area contributed by atoms with E-state index < -0.39 is 5.41 Å². The van der Waals surface area contributed by atoms with E-state index in [1.165, 1.54) is 0 Å². The van der Waals surface area contributed by atoms with Gasteiger partial charge in [-0.25, -0.2) is 0 Å². The molecule has 0 aromatic heterocycles. The van der Waals surface area contributed by atoms with Crippen LogP contribution in [0.15, 0.2) is 30.3 Å². The second-order valence-electron chi connectivity index (χ2n) is 5.54. The van der Waals surface area contributed by atoms with Crippen molar-refractivity contribution in [1.82, 2.24) is 10.6 Å². The Morgan fingerprint density at radius 3 is 2.37 bits per heavy atom. The molecule has 1 fully saturated rings. The third-order valence-corrected chi connectivity index (χ3v) is 3.34. The predicted octanol–water partition coefficient (Wildman–Crippen LogP) is 1.61. The lowest BCUT2D eigenvalue weighted by atomic mass is 9.91. The van der Waals surface area contributed by atoms with Crippen LogP contribution in [0.2, 0.25) is 0 Å². The molecule has 0 radical (unpaired) electrons. The van der Waals surface area contributed by atoms with Gasteiger partial charge in [0.05, 0.1) is 0 Å². The molecule has 1 aromatic rings. The van der Waals surface area contributed by atoms with E-state index in [4.69, 9.17) is 0 Å². The first-order chi connectivity index (χ1) is 9.00. The molecule has 0 unspecified atom stereocenters. The summed E-state index contributed by atoms with van der Waals surface area (Å²) in [6, 6.07) is 9.93. The Hall–Kier alpha value is -1.84. The van der Waals surface area contributed by atoms with Gasteiger partial charge in [-0.05, 0) is 32.3 Å². The summed E-state index contributed by atoms with van der Waals surface area (Å²) >= 11 is 0. The van der Waals surface area contributed by atoms with Gasteiger partial charge in [0.1, 0.15) is 5.41 Å². The first-order valence-electron chi connectivity index (χ1n) is 6.63. The summed E-state index contributed by atoms with van der Waals surface area (Å²) in [6.45, 7) is 3.76. The van der Waals surface area contributed by atoms with Crippen LogP contribution in [0.3, 0.4) is 0 Å². The normalized spacial score (nSPS) is 14.8. The van der Waals surface area contributed by atoms with E-state index in [0.717, 1.165) is 18.4 Å². The van der Waals surface area contributed by atoms with E-state index >= 15 is 0 Å². The summed E-state index contributed by atoms with van der Waals surface area (Å²) in [4.78, 5) is 24.1. The molecule has 2 N–H and O–H groups in total. The van der Waals surface area contributed by atoms with Crippen LogP contribution in [0.1, 0.15) is 32.3 Å². The number of hydrogen-bond acceptors (Lipinski definition) is 2. The van der Waals surface area contributed by atoms with Crippen molar-refractivity contribution < 1.29 is 9.59 Å². The second-order valence-corrected chi connectivity index (χ2v) is 5.54. The largest absolute Gasteiger partial charge is 0.352 e. The number of carbonyl (C=O) groups excluding carboxylic acids is 2. The zero-order chi connectivity index (χ0) is 13.9. The summed E-state index contributed by atoms with van der Waals surface area (Å²) in [5.74, 6) is -0.435. The van der Waals surface area contributed by atoms with Crippen molar-refractivity contribution in [2.45, 2.75) is 39.3 Å². The van der Waals surface area contributed by atoms with Crippen molar-refractivity contribution in [3.8, 4) is 0 Å². The van der Waals surface area contributed by atoms with E-state index in [-0.39, 0.29) is 17.9 Å². The minimum Gasteiger partial charge on any atom is -0.352 e. The molecule has 2 amide bonds. The zero-order valence-corrected chi connectivity index (χ0v) is 11.4. The molecule has 1 aliphatic rings. The molecule has 2 rings (SSSR count). The maximum Gasteiger partial charge on any atom is 0.235 e. The highest BCUT2D eigenvalue weighted by molar-refractivity contribution is 6.04. The molecule has 0 aliphatic heterocycles. The number of hydrogen-bond donors (Lipinski definition) is 2. The maximum atomic E-state index is 12.1. The zero-order valence-electron chi connectivity index (χ0n) is 11.4. The van der Waals surface area contributed by atoms with Gasteiger partial charge >= 0.3 is 0 Å². The van der Waals surface area contributed by atoms with Crippen molar-refractivity contribution in [3.63, 3.8) is 0 Å². The van der Waals surface area contributed by atoms with Gasteiger partial charge in [0.2, 0.25) is 11.8 Å². The van der Waals surface area contributed by atoms with Crippen LogP contribution < -0.4 is 10.6 Å². The first kappa shape index (κ1) is 13.6. The fourth-order valence-electron chi connectivity index (χ4n) is 1.70. The van der Waals surface area contributed by atoms with E-state index in [0.29, 0.717) is 6.54 Å². The highest BCUT2D eigenvalue weighted by Crippen LogP contribution is 2.23. The molecule has 0 bridgehead atoms. The average molecular weight is 260 g/mol. The summed E-state index contributed by atoms with van der Waals surface area (Å²) in [5, 5.41) is 5.69. The summed E-state index contributed by atoms with van der Waals surface area (Å²) < 4.78 is 0. The van der Waals surface area contributed by atoms with Crippen LogP contribution >= 0.6 is 0 Å². The van der Waals surface area contributed by atoms with Crippen LogP contribution in [0, 0.1) is 5.41 Å². The monoisotopic (exact) mass is 260 g/mol. The highest BCUT2D eigenvalue weighted by atomic mass is 16.2. The van der Waals surface area contributed by atoms with Gasteiger partial charge in [-0.1, -0.05) is 30.3 Å². The summed E-state index contributed by atoms with van der Waals surface area (Å²) in [7, 11) is 0. The van der Waals surface area contributed by atoms with Gasteiger partial charge in [0, 0.05) is 12.6 Å². The van der Waals surface area contributed by atoms with Crippen molar-refractivity contribution in [2.24, 2.45) is 5.41 Å². The highest BCUT2D eigenvalue weighted by Gasteiger charge is 2.38. The van der Waals surface area contributed by atoms with Crippen molar-refractivity contribution in [3.05, 3.63) is 35.9 Å². The Bertz CT molecular complexity index is 464. The lowest BCUT2D eigenvalue weighted by molar-refractivity contribution is -0.141. The van der Waals surface area contributed by atoms with E-state index in [2.05, 4.69) is 10.6 Å². The maximum absolute atomic E-state index is 12.1. The molecular weight excluding hydrogens is 240 g/mol. The topological polar surface area (TPSA) is 58.2 Å². The van der Waals surface area contributed by atoms with Crippen molar-refractivity contribution in [1.29, 1.82) is 0 Å². The van der Waals surface area contributed by atoms with Gasteiger partial charge < -0.3 is 10.6 Å². The third-order valence-electron chi connectivity index (χ3n) is 3.34. The second kappa shape index (κ2) is 5.43. The number of amides is 2. The quantitative estimate of drug-likeness (QED) is 0.790. The van der Waals surface area contributed by atoms with Crippen LogP contribution in [0.4, 0.5) is 0 Å². The molecule has 0 saturated heterocycles. The molecule has 4 nitrogen and oxygen atoms in total. The molecule has 1 aliphatic carbocycles. The average Bonchev–Trinajstić information content (AvgIpc) is 3.21. The van der Waals surface area contributed by atoms with Crippen molar-refractivity contribution >= 4 is 11.8 Å². The number of nitrogens with one attached hydrogen (secondary N) is 2. The minimum atomic E-state index is -1.03. The van der Waals surface area contributed by atoms with Gasteiger partial charge in [-0.15, -0.1) is 0 Å². The fraction of sp³-hybridized carbons (Fsp3) is 0.467. The Balaban J connectivity index is 1.88. The van der Waals surface area contributed by atoms with E-state index in [9.17, 15) is 9.59 Å². The van der Waals surface area contributed by atoms with Gasteiger partial charge in [-0.3, -0.25) is 9.59 Å². The lowest BCUT2D eigenvalue weighted by Crippen LogP contribution is -2.48. The third kappa shape index (κ3) is 3.56. The molecular formula is C15H20N2O2. The molecule has 4 heteroatoms. The van der Waals surface area contributed by atoms with Gasteiger partial charge in [-0.2, -0.15) is 0 Å². The first-order valence-corrected chi connectivity index (χ1v) is 6.63. The Kier molecular flexibility index (Phi) is 3.88. The Morgan fingerprint density at radius 2 is 1.79 bits per heavy atom. The molecule has 0 heterocycles. The lowest BCUT2D eigenvalue weighted by Gasteiger charge is -2.22. The molecule has 0 spiro atoms. The Morgan fingerprint density at radius 1 is 1.16 bits per heavy atom. The summed E-state index contributed by atoms with van der Waals surface area (Å²) in [5.41, 5.74) is -0.00793. The van der Waals surface area contributed by atoms with E-state index in [1.54, 1.807) is 13.8 Å². The van der Waals surface area contributed by atoms with Crippen molar-refractivity contribution in [2.75, 3.05) is 0 Å². The molecule has 19 heavy (non-hydrogen) atoms. The number of rotatable bonds is 5. The van der Waals surface area contributed by atoms with Crippen LogP contribution in [0.25, 0.3) is 0 Å². The fourth-order valence-corrected chi connectivity index (χ4v) is 1.70. The van der Waals surface area contributed by atoms with Crippen LogP contribution in [0.5, 0.6) is 0 Å². The minimum absolute atomic E-state index is 0.194. The molecule has 0 atom stereocenters. The molecule has 102 valence electrons. The SMILES string of the molecule is CC(C)(C(=O)NCc1ccccc1)C(=O)NC1CC1. The van der Waals surface area contributed by atoms with Crippen LogP contribution in [-0.4, -0.2) is 17.9 Å². The number of benzene rings is 1. The van der Waals surface area contributed by atoms with Crippen LogP contribution in [-0.2, 0) is 16.1 Å². The van der Waals surface area contributed by atoms with E-state index in [1.807, 2.05) is 30.3 Å². The molecule has 1 saturated carbocycles. The standard InChI is InChI=1S/C15H20N2O2/c1-15(2,14(19)17-12-8-9-12)13(18)16-10-11-6-4-3-5-7-11/h3-7,12H,8-10H2,1-2H3,(H,16,18)(H,17,19). The Labute approximate surface area is 113 Å². The predicted molar refractivity (Wildman–Crippen MR) is 73.2 cm³/mol. The van der Waals surface area contributed by atoms with Gasteiger partial charge in [0.25, 0.3) is 0 Å². The summed E-state index contributed by atoms with van der Waals surface area (Å²) in [6.07, 6.45) is 2.04. The molecule has 1 aromatic carbocycles. The smallest absolute Gasteiger partial charge is 0.235 e.